The Morgan fingerprint density at radius 2 is 1.58 bits per heavy atom. The molecule has 2 amide bonds. The number of para-hydroxylation sites is 1. The molecule has 1 unspecified atom stereocenters. The molecule has 0 spiro atoms. The Labute approximate surface area is 220 Å². The number of carbonyl (C=O) groups is 3. The molecule has 1 heterocycles. The fraction of sp³-hybridized carbons (Fsp3) is 0.276. The number of hydrogen-bond donors (Lipinski definition) is 2. The second kappa shape index (κ2) is 11.9. The first-order chi connectivity index (χ1) is 18.3. The zero-order valence-electron chi connectivity index (χ0n) is 21.3. The highest BCUT2D eigenvalue weighted by molar-refractivity contribution is 6.00. The number of nitrogens with zero attached hydrogens (tertiary/aromatic N) is 1. The van der Waals surface area contributed by atoms with Crippen molar-refractivity contribution in [1.82, 2.24) is 4.90 Å². The summed E-state index contributed by atoms with van der Waals surface area (Å²) in [4.78, 5) is 38.7. The molecule has 0 saturated carbocycles. The van der Waals surface area contributed by atoms with Gasteiger partial charge >= 0.3 is 18.0 Å². The smallest absolute Gasteiger partial charge is 0.371 e. The molecular formula is C29H30FN3O5. The summed E-state index contributed by atoms with van der Waals surface area (Å²) in [5, 5.41) is 5.54. The number of hydrogen-bond acceptors (Lipinski definition) is 6. The van der Waals surface area contributed by atoms with Gasteiger partial charge in [-0.2, -0.15) is 4.39 Å². The van der Waals surface area contributed by atoms with Gasteiger partial charge in [0.2, 0.25) is 5.78 Å². The number of rotatable bonds is 9. The van der Waals surface area contributed by atoms with E-state index in [1.807, 2.05) is 31.2 Å². The summed E-state index contributed by atoms with van der Waals surface area (Å²) in [5.74, 6) is -3.80. The van der Waals surface area contributed by atoms with E-state index in [0.29, 0.717) is 30.0 Å². The fourth-order valence-electron chi connectivity index (χ4n) is 4.23. The van der Waals surface area contributed by atoms with Crippen molar-refractivity contribution in [1.29, 1.82) is 0 Å². The van der Waals surface area contributed by atoms with Gasteiger partial charge in [-0.3, -0.25) is 4.79 Å². The van der Waals surface area contributed by atoms with Crippen LogP contribution in [-0.2, 0) is 16.0 Å². The van der Waals surface area contributed by atoms with E-state index in [0.717, 1.165) is 18.4 Å². The standard InChI is InChI=1S/C29H30FN3O5/c1-20-7-3-4-8-25(20)32-28(36)31-23-13-9-21(10-14-23)19-26(34)29(30,33-17-5-6-18-33)38-24-15-11-22(12-16-24)27(35)37-2/h3-4,7-16H,5-6,17-19H2,1-2H3,(H2,31,32,36). The number of benzene rings is 3. The first kappa shape index (κ1) is 26.8. The predicted octanol–water partition coefficient (Wildman–Crippen LogP) is 5.34. The maximum atomic E-state index is 16.3. The summed E-state index contributed by atoms with van der Waals surface area (Å²) >= 11 is 0. The lowest BCUT2D eigenvalue weighted by Crippen LogP contribution is -2.55. The van der Waals surface area contributed by atoms with Gasteiger partial charge in [0.15, 0.2) is 0 Å². The third-order valence-corrected chi connectivity index (χ3v) is 6.35. The molecule has 0 bridgehead atoms. The first-order valence-corrected chi connectivity index (χ1v) is 12.4. The molecule has 0 aliphatic carbocycles. The number of anilines is 2. The van der Waals surface area contributed by atoms with Crippen molar-refractivity contribution < 1.29 is 28.2 Å². The van der Waals surface area contributed by atoms with Crippen LogP contribution >= 0.6 is 0 Å². The van der Waals surface area contributed by atoms with E-state index < -0.39 is 23.8 Å². The van der Waals surface area contributed by atoms with E-state index >= 15 is 4.39 Å². The van der Waals surface area contributed by atoms with Crippen LogP contribution in [0.15, 0.2) is 72.8 Å². The lowest BCUT2D eigenvalue weighted by Gasteiger charge is -2.33. The summed E-state index contributed by atoms with van der Waals surface area (Å²) in [6, 6.07) is 19.5. The molecule has 2 N–H and O–H groups in total. The molecule has 0 aromatic heterocycles. The number of carbonyl (C=O) groups excluding carboxylic acids is 3. The molecule has 8 nitrogen and oxygen atoms in total. The summed E-state index contributed by atoms with van der Waals surface area (Å²) in [5.41, 5.74) is 3.03. The van der Waals surface area contributed by atoms with E-state index in [9.17, 15) is 14.4 Å². The van der Waals surface area contributed by atoms with Gasteiger partial charge < -0.3 is 20.1 Å². The van der Waals surface area contributed by atoms with Gasteiger partial charge in [-0.05, 0) is 73.4 Å². The van der Waals surface area contributed by atoms with Gasteiger partial charge in [-0.1, -0.05) is 30.3 Å². The van der Waals surface area contributed by atoms with Gasteiger partial charge in [0.1, 0.15) is 5.75 Å². The van der Waals surface area contributed by atoms with Crippen molar-refractivity contribution in [2.45, 2.75) is 32.2 Å². The minimum Gasteiger partial charge on any atom is -0.465 e. The fourth-order valence-corrected chi connectivity index (χ4v) is 4.23. The monoisotopic (exact) mass is 519 g/mol. The average Bonchev–Trinajstić information content (AvgIpc) is 3.47. The van der Waals surface area contributed by atoms with Crippen LogP contribution in [0.2, 0.25) is 0 Å². The predicted molar refractivity (Wildman–Crippen MR) is 142 cm³/mol. The lowest BCUT2D eigenvalue weighted by molar-refractivity contribution is -0.191. The molecule has 0 radical (unpaired) electrons. The molecule has 1 atom stereocenters. The maximum absolute atomic E-state index is 16.3. The van der Waals surface area contributed by atoms with Crippen molar-refractivity contribution in [3.63, 3.8) is 0 Å². The second-order valence-corrected chi connectivity index (χ2v) is 9.06. The van der Waals surface area contributed by atoms with Crippen LogP contribution in [0.5, 0.6) is 5.75 Å². The Kier molecular flexibility index (Phi) is 8.38. The molecule has 198 valence electrons. The normalized spacial score (nSPS) is 14.8. The van der Waals surface area contributed by atoms with E-state index in [2.05, 4.69) is 15.4 Å². The maximum Gasteiger partial charge on any atom is 0.371 e. The van der Waals surface area contributed by atoms with Gasteiger partial charge in [0.25, 0.3) is 0 Å². The lowest BCUT2D eigenvalue weighted by atomic mass is 10.1. The van der Waals surface area contributed by atoms with Crippen LogP contribution in [-0.4, -0.2) is 48.9 Å². The summed E-state index contributed by atoms with van der Waals surface area (Å²) in [6.07, 6.45) is 1.31. The molecule has 4 rings (SSSR count). The van der Waals surface area contributed by atoms with Gasteiger partial charge in [-0.15, -0.1) is 0 Å². The third-order valence-electron chi connectivity index (χ3n) is 6.35. The molecule has 38 heavy (non-hydrogen) atoms. The zero-order chi connectivity index (χ0) is 27.1. The number of nitrogens with one attached hydrogen (secondary N) is 2. The summed E-state index contributed by atoms with van der Waals surface area (Å²) in [7, 11) is 1.27. The quantitative estimate of drug-likeness (QED) is 0.293. The Morgan fingerprint density at radius 1 is 0.921 bits per heavy atom. The minimum absolute atomic E-state index is 0.125. The number of Topliss-reactive ketones (excluding diaryl/α,β-unsaturated/α-hetero) is 1. The molecule has 1 aliphatic rings. The minimum atomic E-state index is -2.66. The van der Waals surface area contributed by atoms with E-state index in [-0.39, 0.29) is 17.7 Å². The van der Waals surface area contributed by atoms with Gasteiger partial charge in [-0.25, -0.2) is 14.5 Å². The van der Waals surface area contributed by atoms with Crippen molar-refractivity contribution in [2.24, 2.45) is 0 Å². The van der Waals surface area contributed by atoms with Crippen molar-refractivity contribution in [2.75, 3.05) is 30.8 Å². The first-order valence-electron chi connectivity index (χ1n) is 12.4. The molecular weight excluding hydrogens is 489 g/mol. The highest BCUT2D eigenvalue weighted by Gasteiger charge is 2.48. The Bertz CT molecular complexity index is 1290. The number of likely N-dealkylation sites (tertiary alicyclic amines) is 1. The highest BCUT2D eigenvalue weighted by Crippen LogP contribution is 2.30. The van der Waals surface area contributed by atoms with Crippen molar-refractivity contribution in [3.8, 4) is 5.75 Å². The van der Waals surface area contributed by atoms with Crippen LogP contribution in [0.3, 0.4) is 0 Å². The summed E-state index contributed by atoms with van der Waals surface area (Å²) in [6.45, 7) is 2.68. The van der Waals surface area contributed by atoms with Crippen molar-refractivity contribution in [3.05, 3.63) is 89.5 Å². The van der Waals surface area contributed by atoms with Crippen LogP contribution in [0, 0.1) is 6.92 Å². The number of ether oxygens (including phenoxy) is 2. The number of alkyl halides is 1. The topological polar surface area (TPSA) is 97.0 Å². The number of amides is 2. The van der Waals surface area contributed by atoms with Crippen molar-refractivity contribution >= 4 is 29.2 Å². The van der Waals surface area contributed by atoms with E-state index in [1.54, 1.807) is 24.3 Å². The van der Waals surface area contributed by atoms with Crippen LogP contribution in [0.25, 0.3) is 0 Å². The Balaban J connectivity index is 1.42. The summed E-state index contributed by atoms with van der Waals surface area (Å²) < 4.78 is 26.6. The largest absolute Gasteiger partial charge is 0.465 e. The van der Waals surface area contributed by atoms with Gasteiger partial charge in [0, 0.05) is 30.9 Å². The second-order valence-electron chi connectivity index (χ2n) is 9.06. The van der Waals surface area contributed by atoms with E-state index in [4.69, 9.17) is 4.74 Å². The van der Waals surface area contributed by atoms with Gasteiger partial charge in [0.05, 0.1) is 12.7 Å². The van der Waals surface area contributed by atoms with E-state index in [1.165, 1.54) is 36.3 Å². The number of urea groups is 1. The zero-order valence-corrected chi connectivity index (χ0v) is 21.3. The van der Waals surface area contributed by atoms with Crippen LogP contribution < -0.4 is 15.4 Å². The molecule has 1 saturated heterocycles. The number of ketones is 1. The molecule has 9 heteroatoms. The molecule has 3 aromatic carbocycles. The number of methoxy groups -OCH3 is 1. The third kappa shape index (κ3) is 6.36. The molecule has 1 fully saturated rings. The molecule has 3 aromatic rings. The highest BCUT2D eigenvalue weighted by atomic mass is 19.2. The number of halogens is 1. The SMILES string of the molecule is COC(=O)c1ccc(OC(F)(C(=O)Cc2ccc(NC(=O)Nc3ccccc3C)cc2)N2CCCC2)cc1. The number of esters is 1. The molecule has 1 aliphatic heterocycles. The number of aryl methyl sites for hydroxylation is 1. The Hall–Kier alpha value is -4.24. The average molecular weight is 520 g/mol. The van der Waals surface area contributed by atoms with Crippen LogP contribution in [0.4, 0.5) is 20.6 Å². The van der Waals surface area contributed by atoms with Crippen LogP contribution in [0.1, 0.15) is 34.3 Å². The Morgan fingerprint density at radius 3 is 2.21 bits per heavy atom.